The van der Waals surface area contributed by atoms with Gasteiger partial charge in [-0.05, 0) is 37.3 Å². The first-order valence-corrected chi connectivity index (χ1v) is 8.35. The van der Waals surface area contributed by atoms with Gasteiger partial charge in [-0.2, -0.15) is 0 Å². The van der Waals surface area contributed by atoms with E-state index in [4.69, 9.17) is 4.74 Å². The van der Waals surface area contributed by atoms with Gasteiger partial charge in [-0.25, -0.2) is 0 Å². The van der Waals surface area contributed by atoms with Crippen molar-refractivity contribution < 1.29 is 4.74 Å². The molecule has 1 aliphatic carbocycles. The van der Waals surface area contributed by atoms with Gasteiger partial charge in [-0.15, -0.1) is 0 Å². The maximum absolute atomic E-state index is 5.41. The number of methoxy groups -OCH3 is 1. The lowest BCUT2D eigenvalue weighted by atomic mass is 10.0. The molecule has 110 valence electrons. The largest absolute Gasteiger partial charge is 0.497 e. The lowest BCUT2D eigenvalue weighted by Gasteiger charge is -2.42. The molecule has 1 saturated carbocycles. The van der Waals surface area contributed by atoms with Crippen molar-refractivity contribution in [2.24, 2.45) is 5.92 Å². The third-order valence-electron chi connectivity index (χ3n) is 4.54. The van der Waals surface area contributed by atoms with Crippen molar-refractivity contribution in [1.82, 2.24) is 5.32 Å². The Balaban J connectivity index is 1.85. The van der Waals surface area contributed by atoms with Crippen molar-refractivity contribution in [2.75, 3.05) is 25.1 Å². The average molecular weight is 339 g/mol. The van der Waals surface area contributed by atoms with Crippen LogP contribution in [0.15, 0.2) is 22.7 Å². The smallest absolute Gasteiger partial charge is 0.122 e. The van der Waals surface area contributed by atoms with Crippen molar-refractivity contribution in [3.05, 3.63) is 22.7 Å². The number of benzene rings is 1. The normalized spacial score (nSPS) is 26.6. The summed E-state index contributed by atoms with van der Waals surface area (Å²) < 4.78 is 6.50. The lowest BCUT2D eigenvalue weighted by molar-refractivity contribution is 0.359. The molecule has 0 radical (unpaired) electrons. The fourth-order valence-corrected chi connectivity index (χ4v) is 3.61. The van der Waals surface area contributed by atoms with E-state index in [2.05, 4.69) is 45.2 Å². The van der Waals surface area contributed by atoms with Crippen LogP contribution in [0, 0.1) is 5.92 Å². The summed E-state index contributed by atoms with van der Waals surface area (Å²) in [7, 11) is 1.73. The summed E-state index contributed by atoms with van der Waals surface area (Å²) in [4.78, 5) is 2.56. The molecule has 2 fully saturated rings. The first-order chi connectivity index (χ1) is 9.71. The molecule has 0 bridgehead atoms. The van der Waals surface area contributed by atoms with Gasteiger partial charge in [0.2, 0.25) is 0 Å². The summed E-state index contributed by atoms with van der Waals surface area (Å²) in [5, 5.41) is 3.74. The minimum atomic E-state index is 0.573. The number of hydrogen-bond acceptors (Lipinski definition) is 3. The van der Waals surface area contributed by atoms with Gasteiger partial charge < -0.3 is 15.0 Å². The predicted molar refractivity (Wildman–Crippen MR) is 86.6 cm³/mol. The molecule has 2 aliphatic rings. The molecular weight excluding hydrogens is 316 g/mol. The summed E-state index contributed by atoms with van der Waals surface area (Å²) in [6.07, 6.45) is 3.95. The van der Waals surface area contributed by atoms with Gasteiger partial charge in [0.05, 0.1) is 7.11 Å². The van der Waals surface area contributed by atoms with E-state index in [1.807, 2.05) is 6.07 Å². The Morgan fingerprint density at radius 1 is 1.35 bits per heavy atom. The Morgan fingerprint density at radius 3 is 2.80 bits per heavy atom. The number of halogens is 1. The highest BCUT2D eigenvalue weighted by Gasteiger charge is 2.36. The number of hydrogen-bond donors (Lipinski definition) is 1. The number of nitrogens with one attached hydrogen (secondary N) is 1. The van der Waals surface area contributed by atoms with Crippen LogP contribution in [0.25, 0.3) is 0 Å². The minimum Gasteiger partial charge on any atom is -0.497 e. The second-order valence-corrected chi connectivity index (χ2v) is 6.83. The fourth-order valence-electron chi connectivity index (χ4n) is 3.15. The van der Waals surface area contributed by atoms with Crippen molar-refractivity contribution in [3.63, 3.8) is 0 Å². The van der Waals surface area contributed by atoms with Gasteiger partial charge >= 0.3 is 0 Å². The van der Waals surface area contributed by atoms with Gasteiger partial charge in [0.1, 0.15) is 5.75 Å². The molecule has 1 heterocycles. The lowest BCUT2D eigenvalue weighted by Crippen LogP contribution is -2.57. The average Bonchev–Trinajstić information content (AvgIpc) is 3.30. The second kappa shape index (κ2) is 5.94. The molecular formula is C16H23BrN2O. The topological polar surface area (TPSA) is 24.5 Å². The first kappa shape index (κ1) is 14.2. The van der Waals surface area contributed by atoms with E-state index in [1.54, 1.807) is 7.11 Å². The molecule has 4 heteroatoms. The molecule has 1 N–H and O–H groups in total. The number of anilines is 1. The summed E-state index contributed by atoms with van der Waals surface area (Å²) in [5.41, 5.74) is 1.27. The highest BCUT2D eigenvalue weighted by molar-refractivity contribution is 9.10. The van der Waals surface area contributed by atoms with Crippen LogP contribution >= 0.6 is 15.9 Å². The molecule has 1 aliphatic heterocycles. The van der Waals surface area contributed by atoms with Gasteiger partial charge in [0.15, 0.2) is 0 Å². The molecule has 1 saturated heterocycles. The highest BCUT2D eigenvalue weighted by Crippen LogP contribution is 2.36. The second-order valence-electron chi connectivity index (χ2n) is 5.92. The SMILES string of the molecule is CCC1CNC(C2CC2)CN1c1cc(Br)cc(OC)c1. The molecule has 0 spiro atoms. The van der Waals surface area contributed by atoms with Crippen LogP contribution in [0.5, 0.6) is 5.75 Å². The third-order valence-corrected chi connectivity index (χ3v) is 4.99. The maximum Gasteiger partial charge on any atom is 0.122 e. The zero-order valence-corrected chi connectivity index (χ0v) is 13.8. The Labute approximate surface area is 129 Å². The van der Waals surface area contributed by atoms with Crippen LogP contribution in [-0.2, 0) is 0 Å². The summed E-state index contributed by atoms with van der Waals surface area (Å²) >= 11 is 3.60. The zero-order chi connectivity index (χ0) is 14.1. The van der Waals surface area contributed by atoms with E-state index in [1.165, 1.54) is 24.9 Å². The van der Waals surface area contributed by atoms with Crippen molar-refractivity contribution >= 4 is 21.6 Å². The van der Waals surface area contributed by atoms with Crippen LogP contribution in [0.2, 0.25) is 0 Å². The molecule has 3 nitrogen and oxygen atoms in total. The Bertz CT molecular complexity index is 476. The summed E-state index contributed by atoms with van der Waals surface area (Å²) in [5.74, 6) is 1.81. The van der Waals surface area contributed by atoms with Gasteiger partial charge in [0.25, 0.3) is 0 Å². The standard InChI is InChI=1S/C16H23BrN2O/c1-3-13-9-18-16(11-4-5-11)10-19(13)14-6-12(17)7-15(8-14)20-2/h6-8,11,13,16,18H,3-5,9-10H2,1-2H3. The molecule has 1 aromatic rings. The fraction of sp³-hybridized carbons (Fsp3) is 0.625. The first-order valence-electron chi connectivity index (χ1n) is 7.56. The maximum atomic E-state index is 5.41. The summed E-state index contributed by atoms with van der Waals surface area (Å²) in [6, 6.07) is 7.61. The van der Waals surface area contributed by atoms with E-state index < -0.39 is 0 Å². The van der Waals surface area contributed by atoms with Crippen LogP contribution in [0.4, 0.5) is 5.69 Å². The number of nitrogens with zero attached hydrogens (tertiary/aromatic N) is 1. The third kappa shape index (κ3) is 2.96. The zero-order valence-electron chi connectivity index (χ0n) is 12.2. The predicted octanol–water partition coefficient (Wildman–Crippen LogP) is 3.42. The monoisotopic (exact) mass is 338 g/mol. The molecule has 2 atom stereocenters. The van der Waals surface area contributed by atoms with E-state index in [0.29, 0.717) is 12.1 Å². The van der Waals surface area contributed by atoms with Gasteiger partial charge in [-0.1, -0.05) is 22.9 Å². The molecule has 0 amide bonds. The van der Waals surface area contributed by atoms with Gasteiger partial charge in [-0.3, -0.25) is 0 Å². The van der Waals surface area contributed by atoms with Crippen molar-refractivity contribution in [2.45, 2.75) is 38.3 Å². The molecule has 0 aromatic heterocycles. The van der Waals surface area contributed by atoms with Crippen molar-refractivity contribution in [1.29, 1.82) is 0 Å². The Kier molecular flexibility index (Phi) is 4.22. The van der Waals surface area contributed by atoms with Crippen LogP contribution in [-0.4, -0.2) is 32.3 Å². The van der Waals surface area contributed by atoms with E-state index in [9.17, 15) is 0 Å². The minimum absolute atomic E-state index is 0.573. The van der Waals surface area contributed by atoms with E-state index in [-0.39, 0.29) is 0 Å². The molecule has 1 aromatic carbocycles. The van der Waals surface area contributed by atoms with Crippen molar-refractivity contribution in [3.8, 4) is 5.75 Å². The Morgan fingerprint density at radius 2 is 2.15 bits per heavy atom. The number of piperazine rings is 1. The Hall–Kier alpha value is -0.740. The van der Waals surface area contributed by atoms with Crippen LogP contribution in [0.1, 0.15) is 26.2 Å². The van der Waals surface area contributed by atoms with E-state index >= 15 is 0 Å². The highest BCUT2D eigenvalue weighted by atomic mass is 79.9. The van der Waals surface area contributed by atoms with Crippen LogP contribution in [0.3, 0.4) is 0 Å². The molecule has 3 rings (SSSR count). The number of ether oxygens (including phenoxy) is 1. The quantitative estimate of drug-likeness (QED) is 0.910. The number of rotatable bonds is 4. The van der Waals surface area contributed by atoms with Crippen LogP contribution < -0.4 is 15.0 Å². The van der Waals surface area contributed by atoms with E-state index in [0.717, 1.165) is 29.2 Å². The molecule has 20 heavy (non-hydrogen) atoms. The summed E-state index contributed by atoms with van der Waals surface area (Å²) in [6.45, 7) is 4.47. The van der Waals surface area contributed by atoms with Gasteiger partial charge in [0, 0.05) is 41.4 Å². The molecule has 2 unspecified atom stereocenters.